The van der Waals surface area contributed by atoms with Crippen molar-refractivity contribution < 1.29 is 8.78 Å². The second-order valence-electron chi connectivity index (χ2n) is 3.47. The lowest BCUT2D eigenvalue weighted by molar-refractivity contribution is 0.534. The molecule has 0 saturated carbocycles. The van der Waals surface area contributed by atoms with Crippen molar-refractivity contribution in [3.8, 4) is 0 Å². The first kappa shape index (κ1) is 12.5. The van der Waals surface area contributed by atoms with Gasteiger partial charge in [0.2, 0.25) is 0 Å². The van der Waals surface area contributed by atoms with Crippen LogP contribution in [0.1, 0.15) is 18.9 Å². The molecule has 0 aliphatic heterocycles. The van der Waals surface area contributed by atoms with E-state index in [0.717, 1.165) is 18.2 Å². The maximum atomic E-state index is 13.4. The van der Waals surface area contributed by atoms with Gasteiger partial charge in [0.15, 0.2) is 0 Å². The zero-order valence-corrected chi connectivity index (χ0v) is 9.70. The lowest BCUT2D eigenvalue weighted by atomic mass is 10.0. The smallest absolute Gasteiger partial charge is 0.139 e. The summed E-state index contributed by atoms with van der Waals surface area (Å²) in [6, 6.07) is 2.69. The monoisotopic (exact) mass is 231 g/mol. The predicted octanol–water partition coefficient (Wildman–Crippen LogP) is 2.97. The van der Waals surface area contributed by atoms with E-state index in [2.05, 4.69) is 0 Å². The van der Waals surface area contributed by atoms with Gasteiger partial charge in [0.25, 0.3) is 0 Å². The number of benzene rings is 1. The van der Waals surface area contributed by atoms with E-state index in [-0.39, 0.29) is 10.9 Å². The number of hydrogen-bond donors (Lipinski definition) is 1. The van der Waals surface area contributed by atoms with Crippen molar-refractivity contribution in [2.24, 2.45) is 5.73 Å². The van der Waals surface area contributed by atoms with Crippen LogP contribution in [0, 0.1) is 11.6 Å². The molecule has 0 spiro atoms. The predicted molar refractivity (Wildman–Crippen MR) is 60.1 cm³/mol. The van der Waals surface area contributed by atoms with Crippen molar-refractivity contribution in [2.75, 3.05) is 6.26 Å². The van der Waals surface area contributed by atoms with Gasteiger partial charge in [-0.2, -0.15) is 0 Å². The Hall–Kier alpha value is -0.610. The molecule has 2 N–H and O–H groups in total. The highest BCUT2D eigenvalue weighted by Gasteiger charge is 2.11. The molecule has 0 saturated heterocycles. The average Bonchev–Trinajstić information content (AvgIpc) is 2.17. The summed E-state index contributed by atoms with van der Waals surface area (Å²) in [4.78, 5) is 0.0730. The standard InChI is InChI=1S/C11H15F2NS/c1-3-8(14)4-7-5-9(12)11(15-2)10(13)6-7/h5-6,8H,3-4,14H2,1-2H3. The molecular formula is C11H15F2NS. The first-order valence-electron chi connectivity index (χ1n) is 4.86. The van der Waals surface area contributed by atoms with Crippen molar-refractivity contribution in [2.45, 2.75) is 30.7 Å². The third-order valence-electron chi connectivity index (χ3n) is 2.28. The average molecular weight is 231 g/mol. The van der Waals surface area contributed by atoms with Gasteiger partial charge in [0.1, 0.15) is 11.6 Å². The zero-order chi connectivity index (χ0) is 11.4. The molecule has 1 aromatic rings. The van der Waals surface area contributed by atoms with Crippen LogP contribution in [0.5, 0.6) is 0 Å². The second kappa shape index (κ2) is 5.47. The number of rotatable bonds is 4. The SMILES string of the molecule is CCC(N)Cc1cc(F)c(SC)c(F)c1. The Morgan fingerprint density at radius 3 is 2.27 bits per heavy atom. The van der Waals surface area contributed by atoms with Gasteiger partial charge in [-0.3, -0.25) is 0 Å². The topological polar surface area (TPSA) is 26.0 Å². The summed E-state index contributed by atoms with van der Waals surface area (Å²) in [6.07, 6.45) is 2.96. The van der Waals surface area contributed by atoms with Gasteiger partial charge in [0, 0.05) is 6.04 Å². The van der Waals surface area contributed by atoms with Crippen LogP contribution in [-0.2, 0) is 6.42 Å². The van der Waals surface area contributed by atoms with Gasteiger partial charge < -0.3 is 5.73 Å². The second-order valence-corrected chi connectivity index (χ2v) is 4.28. The fourth-order valence-electron chi connectivity index (χ4n) is 1.37. The molecule has 1 aromatic carbocycles. The van der Waals surface area contributed by atoms with Crippen LogP contribution < -0.4 is 5.73 Å². The molecule has 4 heteroatoms. The van der Waals surface area contributed by atoms with Gasteiger partial charge in [-0.1, -0.05) is 6.92 Å². The highest BCUT2D eigenvalue weighted by Crippen LogP contribution is 2.24. The molecule has 84 valence electrons. The van der Waals surface area contributed by atoms with E-state index < -0.39 is 11.6 Å². The summed E-state index contributed by atoms with van der Waals surface area (Å²) in [6.45, 7) is 1.95. The molecular weight excluding hydrogens is 216 g/mol. The van der Waals surface area contributed by atoms with E-state index in [1.54, 1.807) is 6.26 Å². The van der Waals surface area contributed by atoms with Crippen LogP contribution in [0.3, 0.4) is 0 Å². The summed E-state index contributed by atoms with van der Waals surface area (Å²) < 4.78 is 26.7. The summed E-state index contributed by atoms with van der Waals surface area (Å²) in [5, 5.41) is 0. The zero-order valence-electron chi connectivity index (χ0n) is 8.89. The Balaban J connectivity index is 2.93. The van der Waals surface area contributed by atoms with Crippen LogP contribution in [0.2, 0.25) is 0 Å². The van der Waals surface area contributed by atoms with Crippen LogP contribution >= 0.6 is 11.8 Å². The molecule has 1 atom stereocenters. The molecule has 0 fully saturated rings. The van der Waals surface area contributed by atoms with Gasteiger partial charge in [-0.25, -0.2) is 8.78 Å². The highest BCUT2D eigenvalue weighted by molar-refractivity contribution is 7.98. The van der Waals surface area contributed by atoms with Crippen molar-refractivity contribution >= 4 is 11.8 Å². The van der Waals surface area contributed by atoms with Gasteiger partial charge in [-0.15, -0.1) is 11.8 Å². The minimum Gasteiger partial charge on any atom is -0.327 e. The highest BCUT2D eigenvalue weighted by atomic mass is 32.2. The minimum absolute atomic E-state index is 0.0380. The summed E-state index contributed by atoms with van der Waals surface area (Å²) >= 11 is 1.07. The Bertz CT molecular complexity index is 318. The minimum atomic E-state index is -0.499. The van der Waals surface area contributed by atoms with Crippen molar-refractivity contribution in [1.29, 1.82) is 0 Å². The fraction of sp³-hybridized carbons (Fsp3) is 0.455. The van der Waals surface area contributed by atoms with Crippen molar-refractivity contribution in [3.63, 3.8) is 0 Å². The molecule has 0 aromatic heterocycles. The molecule has 15 heavy (non-hydrogen) atoms. The molecule has 0 aliphatic carbocycles. The van der Waals surface area contributed by atoms with E-state index in [1.165, 1.54) is 12.1 Å². The summed E-state index contributed by atoms with van der Waals surface area (Å²) in [5.74, 6) is -0.999. The van der Waals surface area contributed by atoms with Gasteiger partial charge in [-0.05, 0) is 36.8 Å². The van der Waals surface area contributed by atoms with Crippen LogP contribution in [0.15, 0.2) is 17.0 Å². The Kier molecular flexibility index (Phi) is 4.54. The summed E-state index contributed by atoms with van der Waals surface area (Å²) in [5.41, 5.74) is 6.35. The molecule has 1 unspecified atom stereocenters. The Morgan fingerprint density at radius 2 is 1.87 bits per heavy atom. The molecule has 1 rings (SSSR count). The molecule has 0 heterocycles. The maximum Gasteiger partial charge on any atom is 0.139 e. The quantitative estimate of drug-likeness (QED) is 0.806. The van der Waals surface area contributed by atoms with E-state index in [9.17, 15) is 8.78 Å². The van der Waals surface area contributed by atoms with E-state index >= 15 is 0 Å². The van der Waals surface area contributed by atoms with Crippen molar-refractivity contribution in [1.82, 2.24) is 0 Å². The molecule has 0 bridgehead atoms. The molecule has 0 aliphatic rings. The van der Waals surface area contributed by atoms with Crippen LogP contribution in [0.25, 0.3) is 0 Å². The molecule has 1 nitrogen and oxygen atoms in total. The largest absolute Gasteiger partial charge is 0.327 e. The third-order valence-corrected chi connectivity index (χ3v) is 3.08. The first-order valence-corrected chi connectivity index (χ1v) is 6.08. The fourth-order valence-corrected chi connectivity index (χ4v) is 1.88. The molecule has 0 amide bonds. The van der Waals surface area contributed by atoms with Gasteiger partial charge >= 0.3 is 0 Å². The normalized spacial score (nSPS) is 12.9. The summed E-state index contributed by atoms with van der Waals surface area (Å²) in [7, 11) is 0. The number of nitrogens with two attached hydrogens (primary N) is 1. The van der Waals surface area contributed by atoms with E-state index in [0.29, 0.717) is 12.0 Å². The first-order chi connectivity index (χ1) is 7.08. The van der Waals surface area contributed by atoms with Crippen LogP contribution in [-0.4, -0.2) is 12.3 Å². The maximum absolute atomic E-state index is 13.4. The van der Waals surface area contributed by atoms with Gasteiger partial charge in [0.05, 0.1) is 4.90 Å². The van der Waals surface area contributed by atoms with E-state index in [4.69, 9.17) is 5.73 Å². The lowest BCUT2D eigenvalue weighted by Crippen LogP contribution is -2.21. The number of hydrogen-bond acceptors (Lipinski definition) is 2. The lowest BCUT2D eigenvalue weighted by Gasteiger charge is -2.10. The van der Waals surface area contributed by atoms with E-state index in [1.807, 2.05) is 6.92 Å². The third kappa shape index (κ3) is 3.18. The number of halogens is 2. The van der Waals surface area contributed by atoms with Crippen molar-refractivity contribution in [3.05, 3.63) is 29.3 Å². The Morgan fingerprint density at radius 1 is 1.33 bits per heavy atom. The molecule has 0 radical (unpaired) electrons. The number of thioether (sulfide) groups is 1. The van der Waals surface area contributed by atoms with Crippen LogP contribution in [0.4, 0.5) is 8.78 Å². The Labute approximate surface area is 93.1 Å².